The van der Waals surface area contributed by atoms with Gasteiger partial charge in [0.2, 0.25) is 0 Å². The number of nitrogens with zero attached hydrogens (tertiary/aromatic N) is 4. The minimum atomic E-state index is 0.590. The summed E-state index contributed by atoms with van der Waals surface area (Å²) in [5, 5.41) is 4.13. The van der Waals surface area contributed by atoms with Gasteiger partial charge in [-0.1, -0.05) is 12.1 Å². The van der Waals surface area contributed by atoms with Crippen LogP contribution in [0.3, 0.4) is 0 Å². The van der Waals surface area contributed by atoms with Crippen LogP contribution < -0.4 is 10.6 Å². The van der Waals surface area contributed by atoms with E-state index in [-0.39, 0.29) is 0 Å². The SMILES string of the molecule is Cn1ncnc1CN(c1ccc(CN)cc1)C1CC1. The molecular weight excluding hydrogens is 238 g/mol. The Morgan fingerprint density at radius 1 is 1.32 bits per heavy atom. The monoisotopic (exact) mass is 257 g/mol. The lowest BCUT2D eigenvalue weighted by Crippen LogP contribution is -2.26. The van der Waals surface area contributed by atoms with Crippen molar-refractivity contribution in [3.05, 3.63) is 42.0 Å². The minimum Gasteiger partial charge on any atom is -0.361 e. The second kappa shape index (κ2) is 5.01. The Labute approximate surface area is 113 Å². The van der Waals surface area contributed by atoms with Crippen LogP contribution >= 0.6 is 0 Å². The minimum absolute atomic E-state index is 0.590. The Kier molecular flexibility index (Phi) is 3.21. The third-order valence-corrected chi connectivity index (χ3v) is 3.61. The van der Waals surface area contributed by atoms with Crippen molar-refractivity contribution in [1.29, 1.82) is 0 Å². The molecule has 0 spiro atoms. The number of benzene rings is 1. The van der Waals surface area contributed by atoms with Gasteiger partial charge in [0, 0.05) is 25.3 Å². The van der Waals surface area contributed by atoms with Gasteiger partial charge in [0.25, 0.3) is 0 Å². The Hall–Kier alpha value is -1.88. The van der Waals surface area contributed by atoms with Gasteiger partial charge in [0.05, 0.1) is 6.54 Å². The molecule has 2 aromatic rings. The number of hydrogen-bond donors (Lipinski definition) is 1. The number of nitrogens with two attached hydrogens (primary N) is 1. The fraction of sp³-hybridized carbons (Fsp3) is 0.429. The van der Waals surface area contributed by atoms with Crippen LogP contribution in [-0.4, -0.2) is 20.8 Å². The van der Waals surface area contributed by atoms with Gasteiger partial charge in [0.15, 0.2) is 0 Å². The highest BCUT2D eigenvalue weighted by molar-refractivity contribution is 5.49. The van der Waals surface area contributed by atoms with E-state index in [1.54, 1.807) is 6.33 Å². The molecule has 1 saturated carbocycles. The smallest absolute Gasteiger partial charge is 0.146 e. The van der Waals surface area contributed by atoms with Crippen molar-refractivity contribution in [3.63, 3.8) is 0 Å². The molecule has 0 saturated heterocycles. The lowest BCUT2D eigenvalue weighted by molar-refractivity contribution is 0.665. The molecule has 1 aliphatic carbocycles. The van der Waals surface area contributed by atoms with Gasteiger partial charge in [-0.3, -0.25) is 4.68 Å². The van der Waals surface area contributed by atoms with E-state index in [2.05, 4.69) is 39.2 Å². The number of aromatic nitrogens is 3. The number of rotatable bonds is 5. The molecule has 5 heteroatoms. The van der Waals surface area contributed by atoms with E-state index in [0.29, 0.717) is 12.6 Å². The maximum Gasteiger partial charge on any atom is 0.146 e. The molecule has 0 bridgehead atoms. The highest BCUT2D eigenvalue weighted by Gasteiger charge is 2.30. The van der Waals surface area contributed by atoms with Crippen molar-refractivity contribution < 1.29 is 0 Å². The molecule has 1 aliphatic rings. The standard InChI is InChI=1S/C14H19N5/c1-18-14(16-10-17-18)9-19(13-6-7-13)12-4-2-11(8-15)3-5-12/h2-5,10,13H,6-9,15H2,1H3. The Bertz CT molecular complexity index is 541. The van der Waals surface area contributed by atoms with Gasteiger partial charge in [0.1, 0.15) is 12.2 Å². The lowest BCUT2D eigenvalue weighted by atomic mass is 10.2. The van der Waals surface area contributed by atoms with Crippen LogP contribution in [0.4, 0.5) is 5.69 Å². The van der Waals surface area contributed by atoms with Crippen molar-refractivity contribution >= 4 is 5.69 Å². The molecule has 1 heterocycles. The Morgan fingerprint density at radius 3 is 2.58 bits per heavy atom. The van der Waals surface area contributed by atoms with Crippen LogP contribution in [0.15, 0.2) is 30.6 Å². The van der Waals surface area contributed by atoms with Gasteiger partial charge in [-0.15, -0.1) is 0 Å². The highest BCUT2D eigenvalue weighted by Crippen LogP contribution is 2.32. The maximum absolute atomic E-state index is 5.64. The lowest BCUT2D eigenvalue weighted by Gasteiger charge is -2.24. The molecule has 100 valence electrons. The van der Waals surface area contributed by atoms with Crippen LogP contribution in [-0.2, 0) is 20.1 Å². The molecule has 1 aromatic heterocycles. The number of anilines is 1. The predicted molar refractivity (Wildman–Crippen MR) is 74.5 cm³/mol. The molecule has 2 N–H and O–H groups in total. The van der Waals surface area contributed by atoms with Crippen LogP contribution in [0.2, 0.25) is 0 Å². The zero-order valence-corrected chi connectivity index (χ0v) is 11.2. The summed E-state index contributed by atoms with van der Waals surface area (Å²) in [6.07, 6.45) is 4.13. The Morgan fingerprint density at radius 2 is 2.05 bits per heavy atom. The summed E-state index contributed by atoms with van der Waals surface area (Å²) in [6, 6.07) is 9.14. The molecule has 0 radical (unpaired) electrons. The molecule has 3 rings (SSSR count). The fourth-order valence-corrected chi connectivity index (χ4v) is 2.26. The molecular formula is C14H19N5. The predicted octanol–water partition coefficient (Wildman–Crippen LogP) is 1.44. The van der Waals surface area contributed by atoms with Crippen molar-refractivity contribution in [2.45, 2.75) is 32.0 Å². The van der Waals surface area contributed by atoms with Crippen molar-refractivity contribution in [1.82, 2.24) is 14.8 Å². The first-order chi connectivity index (χ1) is 9.28. The van der Waals surface area contributed by atoms with Crippen molar-refractivity contribution in [2.24, 2.45) is 12.8 Å². The second-order valence-electron chi connectivity index (χ2n) is 5.03. The van der Waals surface area contributed by atoms with Gasteiger partial charge < -0.3 is 10.6 Å². The average molecular weight is 257 g/mol. The summed E-state index contributed by atoms with van der Waals surface area (Å²) >= 11 is 0. The first-order valence-corrected chi connectivity index (χ1v) is 6.66. The number of hydrogen-bond acceptors (Lipinski definition) is 4. The molecule has 0 unspecified atom stereocenters. The van der Waals surface area contributed by atoms with Crippen LogP contribution in [0.1, 0.15) is 24.2 Å². The van der Waals surface area contributed by atoms with E-state index in [0.717, 1.165) is 17.9 Å². The summed E-state index contributed by atoms with van der Waals surface area (Å²) in [7, 11) is 1.94. The van der Waals surface area contributed by atoms with Crippen LogP contribution in [0.5, 0.6) is 0 Å². The Balaban J connectivity index is 1.82. The quantitative estimate of drug-likeness (QED) is 0.880. The normalized spacial score (nSPS) is 14.6. The molecule has 0 amide bonds. The van der Waals surface area contributed by atoms with E-state index in [1.807, 2.05) is 11.7 Å². The van der Waals surface area contributed by atoms with E-state index in [4.69, 9.17) is 5.73 Å². The molecule has 0 aliphatic heterocycles. The molecule has 1 fully saturated rings. The van der Waals surface area contributed by atoms with E-state index >= 15 is 0 Å². The number of aryl methyl sites for hydroxylation is 1. The summed E-state index contributed by atoms with van der Waals surface area (Å²) in [5.74, 6) is 0.995. The molecule has 0 atom stereocenters. The van der Waals surface area contributed by atoms with E-state index in [1.165, 1.54) is 18.5 Å². The van der Waals surface area contributed by atoms with Gasteiger partial charge in [-0.25, -0.2) is 4.98 Å². The molecule has 5 nitrogen and oxygen atoms in total. The van der Waals surface area contributed by atoms with Crippen LogP contribution in [0, 0.1) is 0 Å². The highest BCUT2D eigenvalue weighted by atomic mass is 15.3. The average Bonchev–Trinajstić information content (AvgIpc) is 3.20. The third kappa shape index (κ3) is 2.61. The zero-order valence-electron chi connectivity index (χ0n) is 11.2. The van der Waals surface area contributed by atoms with Crippen molar-refractivity contribution in [2.75, 3.05) is 4.90 Å². The topological polar surface area (TPSA) is 60.0 Å². The van der Waals surface area contributed by atoms with Gasteiger partial charge in [-0.05, 0) is 30.5 Å². The fourth-order valence-electron chi connectivity index (χ4n) is 2.26. The molecule has 1 aromatic carbocycles. The second-order valence-corrected chi connectivity index (χ2v) is 5.03. The van der Waals surface area contributed by atoms with Gasteiger partial charge >= 0.3 is 0 Å². The van der Waals surface area contributed by atoms with E-state index in [9.17, 15) is 0 Å². The van der Waals surface area contributed by atoms with Gasteiger partial charge in [-0.2, -0.15) is 5.10 Å². The zero-order chi connectivity index (χ0) is 13.2. The summed E-state index contributed by atoms with van der Waals surface area (Å²) < 4.78 is 1.84. The first kappa shape index (κ1) is 12.2. The summed E-state index contributed by atoms with van der Waals surface area (Å²) in [4.78, 5) is 6.72. The molecule has 19 heavy (non-hydrogen) atoms. The summed E-state index contributed by atoms with van der Waals surface area (Å²) in [5.41, 5.74) is 8.05. The van der Waals surface area contributed by atoms with E-state index < -0.39 is 0 Å². The third-order valence-electron chi connectivity index (χ3n) is 3.61. The van der Waals surface area contributed by atoms with Crippen molar-refractivity contribution in [3.8, 4) is 0 Å². The largest absolute Gasteiger partial charge is 0.361 e. The van der Waals surface area contributed by atoms with Crippen LogP contribution in [0.25, 0.3) is 0 Å². The first-order valence-electron chi connectivity index (χ1n) is 6.66. The summed E-state index contributed by atoms with van der Waals surface area (Å²) in [6.45, 7) is 1.40. The maximum atomic E-state index is 5.64.